The van der Waals surface area contributed by atoms with Crippen LogP contribution in [0, 0.1) is 11.8 Å². The third-order valence-corrected chi connectivity index (χ3v) is 4.19. The number of hydrogen-bond donors (Lipinski definition) is 1. The molecule has 1 aromatic heterocycles. The van der Waals surface area contributed by atoms with Crippen molar-refractivity contribution in [1.82, 2.24) is 5.32 Å². The Morgan fingerprint density at radius 2 is 2.10 bits per heavy atom. The Kier molecular flexibility index (Phi) is 5.12. The van der Waals surface area contributed by atoms with E-state index in [1.165, 1.54) is 12.2 Å². The van der Waals surface area contributed by atoms with Gasteiger partial charge in [-0.1, -0.05) is 13.8 Å². The highest BCUT2D eigenvalue weighted by Crippen LogP contribution is 2.27. The molecule has 0 fully saturated rings. The largest absolute Gasteiger partial charge is 0.466 e. The van der Waals surface area contributed by atoms with E-state index in [2.05, 4.69) is 12.2 Å². The molecule has 0 aromatic carbocycles. The van der Waals surface area contributed by atoms with E-state index in [0.29, 0.717) is 18.8 Å². The summed E-state index contributed by atoms with van der Waals surface area (Å²) in [6.07, 6.45) is 3.86. The summed E-state index contributed by atoms with van der Waals surface area (Å²) in [4.78, 5) is 23.6. The van der Waals surface area contributed by atoms with Gasteiger partial charge < -0.3 is 9.73 Å². The Morgan fingerprint density at radius 3 is 2.81 bits per heavy atom. The molecule has 1 aromatic rings. The quantitative estimate of drug-likeness (QED) is 0.904. The number of allylic oxidation sites excluding steroid dienone is 2. The molecule has 0 radical (unpaired) electrons. The molecule has 1 aliphatic rings. The number of furan rings is 1. The third kappa shape index (κ3) is 3.91. The fourth-order valence-corrected chi connectivity index (χ4v) is 2.75. The van der Waals surface area contributed by atoms with Gasteiger partial charge >= 0.3 is 0 Å². The van der Waals surface area contributed by atoms with Crippen LogP contribution in [0.3, 0.4) is 0 Å². The van der Waals surface area contributed by atoms with E-state index < -0.39 is 0 Å². The number of likely N-dealkylation sites (N-methyl/N-ethyl adjacent to an activating group) is 1. The first-order valence-electron chi connectivity index (χ1n) is 7.49. The highest BCUT2D eigenvalue weighted by atomic mass is 16.3. The summed E-state index contributed by atoms with van der Waals surface area (Å²) >= 11 is 0. The number of rotatable bonds is 5. The normalized spacial score (nSPS) is 24.1. The molecule has 0 aliphatic heterocycles. The predicted molar refractivity (Wildman–Crippen MR) is 81.2 cm³/mol. The Balaban J connectivity index is 2.07. The second kappa shape index (κ2) is 6.85. The number of ketones is 2. The second-order valence-corrected chi connectivity index (χ2v) is 5.92. The van der Waals surface area contributed by atoms with Crippen LogP contribution in [0.1, 0.15) is 37.7 Å². The maximum absolute atomic E-state index is 11.9. The fourth-order valence-electron chi connectivity index (χ4n) is 2.75. The molecular formula is C17H23NO3. The first-order valence-corrected chi connectivity index (χ1v) is 7.49. The smallest absolute Gasteiger partial charge is 0.158 e. The van der Waals surface area contributed by atoms with E-state index in [1.807, 2.05) is 26.1 Å². The average Bonchev–Trinajstić information content (AvgIpc) is 2.87. The minimum atomic E-state index is -0.143. The zero-order valence-electron chi connectivity index (χ0n) is 12.9. The van der Waals surface area contributed by atoms with Crippen molar-refractivity contribution in [3.05, 3.63) is 35.8 Å². The van der Waals surface area contributed by atoms with Crippen LogP contribution in [0.25, 0.3) is 0 Å². The summed E-state index contributed by atoms with van der Waals surface area (Å²) in [6, 6.07) is 3.95. The van der Waals surface area contributed by atoms with E-state index in [0.717, 1.165) is 18.1 Å². The maximum Gasteiger partial charge on any atom is 0.158 e. The molecule has 4 nitrogen and oxygen atoms in total. The van der Waals surface area contributed by atoms with Crippen LogP contribution in [-0.4, -0.2) is 25.2 Å². The molecule has 21 heavy (non-hydrogen) atoms. The molecule has 3 atom stereocenters. The lowest BCUT2D eigenvalue weighted by atomic mass is 9.85. The highest BCUT2D eigenvalue weighted by Gasteiger charge is 2.28. The Bertz CT molecular complexity index is 544. The monoisotopic (exact) mass is 289 g/mol. The van der Waals surface area contributed by atoms with Crippen LogP contribution < -0.4 is 5.32 Å². The molecule has 114 valence electrons. The Labute approximate surface area is 125 Å². The van der Waals surface area contributed by atoms with Crippen molar-refractivity contribution in [2.45, 2.75) is 32.6 Å². The highest BCUT2D eigenvalue weighted by molar-refractivity contribution is 6.01. The van der Waals surface area contributed by atoms with Crippen LogP contribution >= 0.6 is 0 Å². The molecule has 0 saturated heterocycles. The van der Waals surface area contributed by atoms with Gasteiger partial charge in [-0.15, -0.1) is 0 Å². The van der Waals surface area contributed by atoms with Crippen molar-refractivity contribution in [3.63, 3.8) is 0 Å². The lowest BCUT2D eigenvalue weighted by molar-refractivity contribution is -0.119. The average molecular weight is 289 g/mol. The molecular weight excluding hydrogens is 266 g/mol. The van der Waals surface area contributed by atoms with Crippen LogP contribution in [0.15, 0.2) is 28.7 Å². The van der Waals surface area contributed by atoms with Crippen molar-refractivity contribution in [3.8, 4) is 0 Å². The van der Waals surface area contributed by atoms with Gasteiger partial charge in [-0.05, 0) is 37.3 Å². The van der Waals surface area contributed by atoms with Crippen LogP contribution in [0.4, 0.5) is 0 Å². The lowest BCUT2D eigenvalue weighted by Crippen LogP contribution is -2.21. The summed E-state index contributed by atoms with van der Waals surface area (Å²) in [6.45, 7) is 4.85. The Hall–Kier alpha value is -1.68. The summed E-state index contributed by atoms with van der Waals surface area (Å²) in [5.74, 6) is 2.02. The van der Waals surface area contributed by atoms with E-state index >= 15 is 0 Å². The van der Waals surface area contributed by atoms with Gasteiger partial charge in [0, 0.05) is 31.2 Å². The molecule has 1 N–H and O–H groups in total. The first kappa shape index (κ1) is 15.7. The summed E-state index contributed by atoms with van der Waals surface area (Å²) in [5.41, 5.74) is 0. The number of nitrogens with one attached hydrogen (secondary N) is 1. The van der Waals surface area contributed by atoms with E-state index in [1.54, 1.807) is 0 Å². The van der Waals surface area contributed by atoms with Crippen LogP contribution in [0.2, 0.25) is 0 Å². The standard InChI is InChI=1S/C17H23NO3/c1-11(10-18-3)17-7-5-15(21-17)9-13-8-14(19)4-6-16(20)12(13)2/h4-7,11-13,18H,8-10H2,1-3H3. The van der Waals surface area contributed by atoms with Gasteiger partial charge in [0.15, 0.2) is 11.6 Å². The van der Waals surface area contributed by atoms with Gasteiger partial charge in [-0.3, -0.25) is 9.59 Å². The molecule has 0 amide bonds. The minimum absolute atomic E-state index is 0.0126. The third-order valence-electron chi connectivity index (χ3n) is 4.19. The van der Waals surface area contributed by atoms with Crippen LogP contribution in [-0.2, 0) is 16.0 Å². The molecule has 2 rings (SSSR count). The number of carbonyl (C=O) groups excluding carboxylic acids is 2. The van der Waals surface area contributed by atoms with Gasteiger partial charge in [-0.25, -0.2) is 0 Å². The predicted octanol–water partition coefficient (Wildman–Crippen LogP) is 2.50. The molecule has 1 aliphatic carbocycles. The van der Waals surface area contributed by atoms with Gasteiger partial charge in [0.05, 0.1) is 0 Å². The van der Waals surface area contributed by atoms with Crippen LogP contribution in [0.5, 0.6) is 0 Å². The van der Waals surface area contributed by atoms with Crippen molar-refractivity contribution >= 4 is 11.6 Å². The second-order valence-electron chi connectivity index (χ2n) is 5.92. The minimum Gasteiger partial charge on any atom is -0.466 e. The van der Waals surface area contributed by atoms with Crippen molar-refractivity contribution < 1.29 is 14.0 Å². The molecule has 1 heterocycles. The SMILES string of the molecule is CNCC(C)c1ccc(CC2CC(=O)C=CC(=O)C2C)o1. The fraction of sp³-hybridized carbons (Fsp3) is 0.529. The molecule has 0 spiro atoms. The lowest BCUT2D eigenvalue weighted by Gasteiger charge is -2.18. The van der Waals surface area contributed by atoms with Crippen molar-refractivity contribution in [2.24, 2.45) is 11.8 Å². The number of hydrogen-bond acceptors (Lipinski definition) is 4. The Morgan fingerprint density at radius 1 is 1.33 bits per heavy atom. The van der Waals surface area contributed by atoms with Crippen molar-refractivity contribution in [2.75, 3.05) is 13.6 Å². The van der Waals surface area contributed by atoms with Gasteiger partial charge in [0.25, 0.3) is 0 Å². The summed E-state index contributed by atoms with van der Waals surface area (Å²) in [5, 5.41) is 3.13. The zero-order chi connectivity index (χ0) is 15.4. The molecule has 0 bridgehead atoms. The van der Waals surface area contributed by atoms with E-state index in [4.69, 9.17) is 4.42 Å². The molecule has 4 heteroatoms. The van der Waals surface area contributed by atoms with E-state index in [9.17, 15) is 9.59 Å². The van der Waals surface area contributed by atoms with E-state index in [-0.39, 0.29) is 23.4 Å². The first-order chi connectivity index (χ1) is 10.0. The maximum atomic E-state index is 11.9. The summed E-state index contributed by atoms with van der Waals surface area (Å²) < 4.78 is 5.88. The summed E-state index contributed by atoms with van der Waals surface area (Å²) in [7, 11) is 1.91. The van der Waals surface area contributed by atoms with Gasteiger partial charge in [-0.2, -0.15) is 0 Å². The molecule has 3 unspecified atom stereocenters. The molecule has 0 saturated carbocycles. The van der Waals surface area contributed by atoms with Crippen molar-refractivity contribution in [1.29, 1.82) is 0 Å². The van der Waals surface area contributed by atoms with Gasteiger partial charge in [0.1, 0.15) is 11.5 Å². The number of carbonyl (C=O) groups is 2. The van der Waals surface area contributed by atoms with Gasteiger partial charge in [0.2, 0.25) is 0 Å². The zero-order valence-corrected chi connectivity index (χ0v) is 12.9. The topological polar surface area (TPSA) is 59.3 Å².